The molecule has 0 bridgehead atoms. The normalized spacial score (nSPS) is 20.7. The number of carboxylic acids is 1. The maximum Gasteiger partial charge on any atom is 0.393 e. The molecule has 0 aromatic heterocycles. The van der Waals surface area contributed by atoms with Gasteiger partial charge in [-0.25, -0.2) is 4.79 Å². The fourth-order valence-corrected chi connectivity index (χ4v) is 2.30. The maximum atomic E-state index is 12.5. The van der Waals surface area contributed by atoms with Gasteiger partial charge in [-0.1, -0.05) is 12.1 Å². The molecule has 1 fully saturated rings. The van der Waals surface area contributed by atoms with E-state index in [0.717, 1.165) is 5.56 Å². The molecule has 3 nitrogen and oxygen atoms in total. The van der Waals surface area contributed by atoms with Crippen LogP contribution in [-0.2, 0) is 6.54 Å². The highest BCUT2D eigenvalue weighted by molar-refractivity contribution is 5.87. The second-order valence-electron chi connectivity index (χ2n) is 4.77. The highest BCUT2D eigenvalue weighted by atomic mass is 19.4. The first-order chi connectivity index (χ1) is 8.86. The Morgan fingerprint density at radius 2 is 2.16 bits per heavy atom. The van der Waals surface area contributed by atoms with Crippen LogP contribution in [0, 0.1) is 5.92 Å². The Bertz CT molecular complexity index is 473. The lowest BCUT2D eigenvalue weighted by Crippen LogP contribution is -2.27. The van der Waals surface area contributed by atoms with E-state index in [2.05, 4.69) is 0 Å². The van der Waals surface area contributed by atoms with Crippen LogP contribution in [0.5, 0.6) is 0 Å². The molecule has 2 rings (SSSR count). The number of hydrogen-bond acceptors (Lipinski definition) is 2. The zero-order chi connectivity index (χ0) is 14.0. The molecule has 0 radical (unpaired) electrons. The molecule has 0 saturated carbocycles. The third-order valence-corrected chi connectivity index (χ3v) is 3.32. The van der Waals surface area contributed by atoms with Crippen molar-refractivity contribution < 1.29 is 23.1 Å². The van der Waals surface area contributed by atoms with Gasteiger partial charge in [0.25, 0.3) is 0 Å². The van der Waals surface area contributed by atoms with E-state index < -0.39 is 18.1 Å². The van der Waals surface area contributed by atoms with Gasteiger partial charge in [0.15, 0.2) is 0 Å². The summed E-state index contributed by atoms with van der Waals surface area (Å²) in [4.78, 5) is 12.5. The Morgan fingerprint density at radius 3 is 2.74 bits per heavy atom. The minimum atomic E-state index is -4.14. The van der Waals surface area contributed by atoms with Crippen LogP contribution in [0.25, 0.3) is 0 Å². The van der Waals surface area contributed by atoms with Crippen molar-refractivity contribution in [1.29, 1.82) is 0 Å². The first-order valence-corrected chi connectivity index (χ1v) is 5.97. The van der Waals surface area contributed by atoms with Gasteiger partial charge in [0.1, 0.15) is 0 Å². The number of halogens is 3. The SMILES string of the molecule is O=C(O)c1cccc(CN2CCC(C(F)(F)F)C2)c1. The van der Waals surface area contributed by atoms with E-state index in [1.165, 1.54) is 12.1 Å². The average molecular weight is 273 g/mol. The zero-order valence-electron chi connectivity index (χ0n) is 10.2. The highest BCUT2D eigenvalue weighted by Crippen LogP contribution is 2.33. The van der Waals surface area contributed by atoms with Crippen LogP contribution in [0.15, 0.2) is 24.3 Å². The smallest absolute Gasteiger partial charge is 0.393 e. The largest absolute Gasteiger partial charge is 0.478 e. The minimum absolute atomic E-state index is 0.0131. The zero-order valence-corrected chi connectivity index (χ0v) is 10.2. The summed E-state index contributed by atoms with van der Waals surface area (Å²) < 4.78 is 37.6. The maximum absolute atomic E-state index is 12.5. The van der Waals surface area contributed by atoms with Gasteiger partial charge in [0.05, 0.1) is 11.5 Å². The molecule has 1 aromatic rings. The van der Waals surface area contributed by atoms with Crippen molar-refractivity contribution in [3.05, 3.63) is 35.4 Å². The molecule has 1 heterocycles. The number of nitrogens with zero attached hydrogens (tertiary/aromatic N) is 1. The second kappa shape index (κ2) is 5.21. The molecule has 19 heavy (non-hydrogen) atoms. The molecule has 1 aromatic carbocycles. The molecule has 104 valence electrons. The van der Waals surface area contributed by atoms with Crippen molar-refractivity contribution in [2.24, 2.45) is 5.92 Å². The van der Waals surface area contributed by atoms with Crippen molar-refractivity contribution in [3.8, 4) is 0 Å². The summed E-state index contributed by atoms with van der Waals surface area (Å²) in [5.74, 6) is -2.30. The van der Waals surface area contributed by atoms with Crippen LogP contribution in [0.4, 0.5) is 13.2 Å². The summed E-state index contributed by atoms with van der Waals surface area (Å²) in [6, 6.07) is 6.31. The van der Waals surface area contributed by atoms with Gasteiger partial charge in [-0.05, 0) is 30.7 Å². The van der Waals surface area contributed by atoms with Crippen molar-refractivity contribution in [2.75, 3.05) is 13.1 Å². The fraction of sp³-hybridized carbons (Fsp3) is 0.462. The highest BCUT2D eigenvalue weighted by Gasteiger charge is 2.43. The summed E-state index contributed by atoms with van der Waals surface area (Å²) in [7, 11) is 0. The predicted molar refractivity (Wildman–Crippen MR) is 62.8 cm³/mol. The lowest BCUT2D eigenvalue weighted by molar-refractivity contribution is -0.170. The third-order valence-electron chi connectivity index (χ3n) is 3.32. The predicted octanol–water partition coefficient (Wildman–Crippen LogP) is 2.77. The summed E-state index contributed by atoms with van der Waals surface area (Å²) in [6.45, 7) is 0.732. The number of benzene rings is 1. The molecule has 0 amide bonds. The van der Waals surface area contributed by atoms with E-state index in [-0.39, 0.29) is 18.5 Å². The number of likely N-dealkylation sites (tertiary alicyclic amines) is 1. The van der Waals surface area contributed by atoms with Gasteiger partial charge in [0.2, 0.25) is 0 Å². The summed E-state index contributed by atoms with van der Waals surface area (Å²) >= 11 is 0. The van der Waals surface area contributed by atoms with E-state index >= 15 is 0 Å². The molecular formula is C13H14F3NO2. The van der Waals surface area contributed by atoms with E-state index in [4.69, 9.17) is 5.11 Å². The van der Waals surface area contributed by atoms with E-state index in [1.54, 1.807) is 17.0 Å². The molecular weight excluding hydrogens is 259 g/mol. The van der Waals surface area contributed by atoms with Crippen molar-refractivity contribution in [1.82, 2.24) is 4.90 Å². The van der Waals surface area contributed by atoms with E-state index in [1.807, 2.05) is 0 Å². The Labute approximate surface area is 108 Å². The van der Waals surface area contributed by atoms with Crippen LogP contribution < -0.4 is 0 Å². The molecule has 1 N–H and O–H groups in total. The number of rotatable bonds is 3. The van der Waals surface area contributed by atoms with Gasteiger partial charge in [-0.2, -0.15) is 13.2 Å². The number of carbonyl (C=O) groups is 1. The van der Waals surface area contributed by atoms with Gasteiger partial charge in [-0.15, -0.1) is 0 Å². The average Bonchev–Trinajstić information content (AvgIpc) is 2.77. The molecule has 1 aliphatic rings. The number of aromatic carboxylic acids is 1. The molecule has 1 saturated heterocycles. The number of carboxylic acid groups (broad SMARTS) is 1. The first kappa shape index (κ1) is 13.9. The molecule has 6 heteroatoms. The van der Waals surface area contributed by atoms with Crippen LogP contribution in [-0.4, -0.2) is 35.2 Å². The monoisotopic (exact) mass is 273 g/mol. The standard InChI is InChI=1S/C13H14F3NO2/c14-13(15,16)11-4-5-17(8-11)7-9-2-1-3-10(6-9)12(18)19/h1-3,6,11H,4-5,7-8H2,(H,18,19). The molecule has 1 aliphatic heterocycles. The van der Waals surface area contributed by atoms with Crippen LogP contribution >= 0.6 is 0 Å². The second-order valence-corrected chi connectivity index (χ2v) is 4.77. The fourth-order valence-electron chi connectivity index (χ4n) is 2.30. The minimum Gasteiger partial charge on any atom is -0.478 e. The van der Waals surface area contributed by atoms with Crippen molar-refractivity contribution in [2.45, 2.75) is 19.1 Å². The number of alkyl halides is 3. The van der Waals surface area contributed by atoms with E-state index in [0.29, 0.717) is 13.1 Å². The summed E-state index contributed by atoms with van der Waals surface area (Å²) in [5.41, 5.74) is 0.881. The van der Waals surface area contributed by atoms with E-state index in [9.17, 15) is 18.0 Å². The van der Waals surface area contributed by atoms with Crippen molar-refractivity contribution >= 4 is 5.97 Å². The third kappa shape index (κ3) is 3.47. The lowest BCUT2D eigenvalue weighted by atomic mass is 10.1. The van der Waals surface area contributed by atoms with Crippen molar-refractivity contribution in [3.63, 3.8) is 0 Å². The number of hydrogen-bond donors (Lipinski definition) is 1. The molecule has 0 aliphatic carbocycles. The molecule has 1 atom stereocenters. The van der Waals surface area contributed by atoms with Gasteiger partial charge in [-0.3, -0.25) is 4.90 Å². The van der Waals surface area contributed by atoms with Crippen LogP contribution in [0.2, 0.25) is 0 Å². The Morgan fingerprint density at radius 1 is 1.42 bits per heavy atom. The van der Waals surface area contributed by atoms with Gasteiger partial charge < -0.3 is 5.11 Å². The topological polar surface area (TPSA) is 40.5 Å². The van der Waals surface area contributed by atoms with Gasteiger partial charge in [0, 0.05) is 13.1 Å². The quantitative estimate of drug-likeness (QED) is 0.920. The lowest BCUT2D eigenvalue weighted by Gasteiger charge is -2.17. The molecule has 1 unspecified atom stereocenters. The Balaban J connectivity index is 1.99. The summed E-state index contributed by atoms with van der Waals surface area (Å²) in [5, 5.41) is 8.86. The van der Waals surface area contributed by atoms with Crippen LogP contribution in [0.1, 0.15) is 22.3 Å². The summed E-state index contributed by atoms with van der Waals surface area (Å²) in [6.07, 6.45) is -4.03. The molecule has 0 spiro atoms. The Kier molecular flexibility index (Phi) is 3.80. The Hall–Kier alpha value is -1.56. The van der Waals surface area contributed by atoms with Crippen LogP contribution in [0.3, 0.4) is 0 Å². The first-order valence-electron chi connectivity index (χ1n) is 5.97. The van der Waals surface area contributed by atoms with Gasteiger partial charge >= 0.3 is 12.1 Å².